The van der Waals surface area contributed by atoms with Crippen LogP contribution in [0.25, 0.3) is 0 Å². The third-order valence-corrected chi connectivity index (χ3v) is 3.28. The summed E-state index contributed by atoms with van der Waals surface area (Å²) in [6.45, 7) is 6.36. The summed E-state index contributed by atoms with van der Waals surface area (Å²) in [7, 11) is 0. The Morgan fingerprint density at radius 2 is 2.27 bits per heavy atom. The van der Waals surface area contributed by atoms with E-state index in [2.05, 4.69) is 36.9 Å². The molecular formula is C13H20N2. The van der Waals surface area contributed by atoms with Crippen LogP contribution in [0.3, 0.4) is 0 Å². The lowest BCUT2D eigenvalue weighted by Crippen LogP contribution is -2.28. The number of fused-ring (bicyclic) bond motifs is 1. The van der Waals surface area contributed by atoms with Crippen LogP contribution in [0, 0.1) is 0 Å². The number of nitrogens with zero attached hydrogens (tertiary/aromatic N) is 1. The highest BCUT2D eigenvalue weighted by molar-refractivity contribution is 5.60. The molecule has 15 heavy (non-hydrogen) atoms. The summed E-state index contributed by atoms with van der Waals surface area (Å²) in [6.07, 6.45) is 2.17. The fourth-order valence-electron chi connectivity index (χ4n) is 2.52. The molecule has 0 aromatic heterocycles. The van der Waals surface area contributed by atoms with Crippen molar-refractivity contribution in [3.05, 3.63) is 29.3 Å². The van der Waals surface area contributed by atoms with Gasteiger partial charge in [-0.25, -0.2) is 0 Å². The van der Waals surface area contributed by atoms with Crippen molar-refractivity contribution < 1.29 is 0 Å². The molecule has 1 unspecified atom stereocenters. The molecule has 0 saturated carbocycles. The first-order valence-corrected chi connectivity index (χ1v) is 5.84. The van der Waals surface area contributed by atoms with Crippen molar-refractivity contribution in [1.82, 2.24) is 0 Å². The molecule has 1 aromatic rings. The minimum absolute atomic E-state index is 0.651. The molecule has 0 fully saturated rings. The number of benzene rings is 1. The lowest BCUT2D eigenvalue weighted by Gasteiger charge is -2.23. The van der Waals surface area contributed by atoms with E-state index in [0.29, 0.717) is 6.04 Å². The molecule has 0 radical (unpaired) electrons. The number of hydrogen-bond acceptors (Lipinski definition) is 2. The van der Waals surface area contributed by atoms with Gasteiger partial charge < -0.3 is 10.6 Å². The zero-order chi connectivity index (χ0) is 10.8. The van der Waals surface area contributed by atoms with E-state index in [0.717, 1.165) is 19.5 Å². The summed E-state index contributed by atoms with van der Waals surface area (Å²) >= 11 is 0. The molecule has 0 spiro atoms. The predicted molar refractivity (Wildman–Crippen MR) is 65.4 cm³/mol. The average molecular weight is 204 g/mol. The highest BCUT2D eigenvalue weighted by Crippen LogP contribution is 2.32. The zero-order valence-electron chi connectivity index (χ0n) is 9.66. The van der Waals surface area contributed by atoms with E-state index in [-0.39, 0.29) is 0 Å². The fourth-order valence-corrected chi connectivity index (χ4v) is 2.52. The number of hydrogen-bond donors (Lipinski definition) is 1. The van der Waals surface area contributed by atoms with Gasteiger partial charge in [-0.3, -0.25) is 0 Å². The van der Waals surface area contributed by atoms with Crippen LogP contribution in [0.4, 0.5) is 5.69 Å². The summed E-state index contributed by atoms with van der Waals surface area (Å²) in [4.78, 5) is 2.48. The van der Waals surface area contributed by atoms with E-state index in [1.165, 1.54) is 23.2 Å². The van der Waals surface area contributed by atoms with Crippen LogP contribution >= 0.6 is 0 Å². The average Bonchev–Trinajstić information content (AvgIpc) is 2.53. The fraction of sp³-hybridized carbons (Fsp3) is 0.538. The van der Waals surface area contributed by atoms with Gasteiger partial charge in [0.25, 0.3) is 0 Å². The van der Waals surface area contributed by atoms with Crippen LogP contribution in [0.2, 0.25) is 0 Å². The molecule has 2 heteroatoms. The number of rotatable bonds is 3. The molecule has 0 aliphatic carbocycles. The maximum atomic E-state index is 5.59. The lowest BCUT2D eigenvalue weighted by molar-refractivity contribution is 0.690. The highest BCUT2D eigenvalue weighted by atomic mass is 15.2. The molecule has 82 valence electrons. The van der Waals surface area contributed by atoms with Crippen molar-refractivity contribution in [2.45, 2.75) is 32.7 Å². The van der Waals surface area contributed by atoms with Crippen molar-refractivity contribution in [2.24, 2.45) is 5.73 Å². The van der Waals surface area contributed by atoms with E-state index in [9.17, 15) is 0 Å². The van der Waals surface area contributed by atoms with Gasteiger partial charge in [0.1, 0.15) is 0 Å². The van der Waals surface area contributed by atoms with E-state index in [1.807, 2.05) is 0 Å². The number of likely N-dealkylation sites (N-methyl/N-ethyl adjacent to an activating group) is 1. The second-order valence-electron chi connectivity index (χ2n) is 4.34. The Kier molecular flexibility index (Phi) is 2.96. The first-order valence-electron chi connectivity index (χ1n) is 5.84. The number of nitrogens with two attached hydrogens (primary N) is 1. The molecule has 2 nitrogen and oxygen atoms in total. The quantitative estimate of drug-likeness (QED) is 0.815. The zero-order valence-corrected chi connectivity index (χ0v) is 9.66. The van der Waals surface area contributed by atoms with Crippen molar-refractivity contribution in [3.8, 4) is 0 Å². The molecule has 0 saturated heterocycles. The van der Waals surface area contributed by atoms with Gasteiger partial charge >= 0.3 is 0 Å². The molecule has 1 heterocycles. The predicted octanol–water partition coefficient (Wildman–Crippen LogP) is 1.96. The molecule has 2 N–H and O–H groups in total. The van der Waals surface area contributed by atoms with Gasteiger partial charge in [-0.05, 0) is 50.4 Å². The third kappa shape index (κ3) is 1.86. The van der Waals surface area contributed by atoms with Crippen LogP contribution < -0.4 is 10.6 Å². The standard InChI is InChI=1S/C13H20N2/c1-3-15-10(2)8-12-5-4-11(6-7-14)9-13(12)15/h4-5,9-10H,3,6-8,14H2,1-2H3. The first kappa shape index (κ1) is 10.5. The van der Waals surface area contributed by atoms with Gasteiger partial charge in [0, 0.05) is 18.3 Å². The second kappa shape index (κ2) is 4.23. The molecule has 1 aliphatic rings. The van der Waals surface area contributed by atoms with Crippen LogP contribution in [0.15, 0.2) is 18.2 Å². The summed E-state index contributed by atoms with van der Waals surface area (Å²) < 4.78 is 0. The largest absolute Gasteiger partial charge is 0.369 e. The normalized spacial score (nSPS) is 19.4. The van der Waals surface area contributed by atoms with E-state index < -0.39 is 0 Å². The van der Waals surface area contributed by atoms with Gasteiger partial charge in [0.15, 0.2) is 0 Å². The summed E-state index contributed by atoms with van der Waals surface area (Å²) in [6, 6.07) is 7.46. The van der Waals surface area contributed by atoms with Crippen molar-refractivity contribution in [2.75, 3.05) is 18.0 Å². The SMILES string of the molecule is CCN1c2cc(CCN)ccc2CC1C. The molecule has 1 atom stereocenters. The van der Waals surface area contributed by atoms with Gasteiger partial charge in [-0.15, -0.1) is 0 Å². The van der Waals surface area contributed by atoms with E-state index in [4.69, 9.17) is 5.73 Å². The Hall–Kier alpha value is -1.02. The molecule has 1 aromatic carbocycles. The smallest absolute Gasteiger partial charge is 0.0404 e. The maximum absolute atomic E-state index is 5.59. The van der Waals surface area contributed by atoms with Gasteiger partial charge in [0.2, 0.25) is 0 Å². The van der Waals surface area contributed by atoms with Crippen molar-refractivity contribution in [1.29, 1.82) is 0 Å². The first-order chi connectivity index (χ1) is 7.26. The van der Waals surface area contributed by atoms with Gasteiger partial charge in [-0.1, -0.05) is 12.1 Å². The Bertz CT molecular complexity index is 346. The van der Waals surface area contributed by atoms with Crippen LogP contribution in [-0.4, -0.2) is 19.1 Å². The van der Waals surface area contributed by atoms with Gasteiger partial charge in [-0.2, -0.15) is 0 Å². The maximum Gasteiger partial charge on any atom is 0.0404 e. The highest BCUT2D eigenvalue weighted by Gasteiger charge is 2.24. The van der Waals surface area contributed by atoms with Crippen molar-refractivity contribution in [3.63, 3.8) is 0 Å². The van der Waals surface area contributed by atoms with Gasteiger partial charge in [0.05, 0.1) is 0 Å². The van der Waals surface area contributed by atoms with E-state index >= 15 is 0 Å². The number of anilines is 1. The van der Waals surface area contributed by atoms with E-state index in [1.54, 1.807) is 0 Å². The Morgan fingerprint density at radius 3 is 2.93 bits per heavy atom. The third-order valence-electron chi connectivity index (χ3n) is 3.28. The van der Waals surface area contributed by atoms with Crippen LogP contribution in [-0.2, 0) is 12.8 Å². The molecular weight excluding hydrogens is 184 g/mol. The summed E-state index contributed by atoms with van der Waals surface area (Å²) in [5.41, 5.74) is 9.87. The second-order valence-corrected chi connectivity index (χ2v) is 4.34. The summed E-state index contributed by atoms with van der Waals surface area (Å²) in [5.74, 6) is 0. The molecule has 0 amide bonds. The minimum atomic E-state index is 0.651. The Balaban J connectivity index is 2.31. The summed E-state index contributed by atoms with van der Waals surface area (Å²) in [5, 5.41) is 0. The Morgan fingerprint density at radius 1 is 1.47 bits per heavy atom. The topological polar surface area (TPSA) is 29.3 Å². The molecule has 2 rings (SSSR count). The Labute approximate surface area is 92.1 Å². The molecule has 0 bridgehead atoms. The van der Waals surface area contributed by atoms with Crippen LogP contribution in [0.1, 0.15) is 25.0 Å². The minimum Gasteiger partial charge on any atom is -0.369 e. The monoisotopic (exact) mass is 204 g/mol. The van der Waals surface area contributed by atoms with Crippen LogP contribution in [0.5, 0.6) is 0 Å². The lowest BCUT2D eigenvalue weighted by atomic mass is 10.1. The van der Waals surface area contributed by atoms with Crippen molar-refractivity contribution >= 4 is 5.69 Å². The molecule has 1 aliphatic heterocycles.